The number of aliphatic hydroxyl groups is 1. The van der Waals surface area contributed by atoms with Crippen LogP contribution in [0.5, 0.6) is 0 Å². The topological polar surface area (TPSA) is 45.1 Å². The first-order valence-corrected chi connectivity index (χ1v) is 5.47. The van der Waals surface area contributed by atoms with E-state index in [0.29, 0.717) is 6.61 Å². The van der Waals surface area contributed by atoms with Gasteiger partial charge in [0.1, 0.15) is 0 Å². The second kappa shape index (κ2) is 4.29. The Morgan fingerprint density at radius 3 is 2.80 bits per heavy atom. The Labute approximate surface area is 90.5 Å². The van der Waals surface area contributed by atoms with Crippen molar-refractivity contribution in [3.05, 3.63) is 29.6 Å². The summed E-state index contributed by atoms with van der Waals surface area (Å²) in [5.41, 5.74) is 2.44. The van der Waals surface area contributed by atoms with Gasteiger partial charge in [0.15, 0.2) is 0 Å². The summed E-state index contributed by atoms with van der Waals surface area (Å²) in [6.45, 7) is 4.06. The van der Waals surface area contributed by atoms with Crippen LogP contribution in [-0.4, -0.2) is 23.2 Å². The molecule has 0 radical (unpaired) electrons. The van der Waals surface area contributed by atoms with Crippen molar-refractivity contribution in [2.45, 2.75) is 26.3 Å². The number of rotatable bonds is 5. The highest BCUT2D eigenvalue weighted by Gasteiger charge is 2.41. The minimum Gasteiger partial charge on any atom is -0.396 e. The van der Waals surface area contributed by atoms with Gasteiger partial charge in [-0.1, -0.05) is 6.07 Å². The van der Waals surface area contributed by atoms with Crippen molar-refractivity contribution in [3.8, 4) is 0 Å². The van der Waals surface area contributed by atoms with Gasteiger partial charge in [0, 0.05) is 37.0 Å². The molecule has 3 nitrogen and oxygen atoms in total. The van der Waals surface area contributed by atoms with E-state index in [1.807, 2.05) is 19.2 Å². The lowest BCUT2D eigenvalue weighted by Crippen LogP contribution is -2.26. The fraction of sp³-hybridized carbons (Fsp3) is 0.583. The van der Waals surface area contributed by atoms with Crippen molar-refractivity contribution in [2.24, 2.45) is 5.41 Å². The Morgan fingerprint density at radius 1 is 1.47 bits per heavy atom. The average Bonchev–Trinajstić information content (AvgIpc) is 3.02. The number of aryl methyl sites for hydroxylation is 1. The van der Waals surface area contributed by atoms with Gasteiger partial charge in [0.2, 0.25) is 0 Å². The third-order valence-corrected chi connectivity index (χ3v) is 3.09. The van der Waals surface area contributed by atoms with Crippen LogP contribution in [0.3, 0.4) is 0 Å². The van der Waals surface area contributed by atoms with Crippen LogP contribution >= 0.6 is 0 Å². The molecule has 0 amide bonds. The van der Waals surface area contributed by atoms with E-state index in [-0.39, 0.29) is 5.41 Å². The zero-order chi connectivity index (χ0) is 10.7. The Morgan fingerprint density at radius 2 is 2.27 bits per heavy atom. The summed E-state index contributed by atoms with van der Waals surface area (Å²) in [5, 5.41) is 12.5. The molecule has 1 aliphatic rings. The van der Waals surface area contributed by atoms with E-state index in [4.69, 9.17) is 5.11 Å². The van der Waals surface area contributed by atoms with Crippen molar-refractivity contribution in [1.82, 2.24) is 10.3 Å². The van der Waals surface area contributed by atoms with Crippen LogP contribution in [0.2, 0.25) is 0 Å². The molecule has 15 heavy (non-hydrogen) atoms. The van der Waals surface area contributed by atoms with Gasteiger partial charge in [-0.15, -0.1) is 0 Å². The van der Waals surface area contributed by atoms with Gasteiger partial charge in [-0.25, -0.2) is 0 Å². The van der Waals surface area contributed by atoms with E-state index in [1.54, 1.807) is 0 Å². The van der Waals surface area contributed by atoms with Crippen molar-refractivity contribution in [3.63, 3.8) is 0 Å². The molecule has 1 saturated carbocycles. The maximum atomic E-state index is 9.14. The maximum Gasteiger partial charge on any atom is 0.0499 e. The fourth-order valence-electron chi connectivity index (χ4n) is 1.64. The number of hydrogen-bond donors (Lipinski definition) is 2. The molecule has 0 unspecified atom stereocenters. The molecule has 1 aromatic heterocycles. The predicted octanol–water partition coefficient (Wildman–Crippen LogP) is 1.25. The van der Waals surface area contributed by atoms with Gasteiger partial charge in [-0.05, 0) is 31.4 Å². The van der Waals surface area contributed by atoms with E-state index in [1.165, 1.54) is 5.56 Å². The SMILES string of the molecule is Cc1ccc(CNCC2(CO)CC2)cn1. The number of pyridine rings is 1. The van der Waals surface area contributed by atoms with Gasteiger partial charge in [-0.2, -0.15) is 0 Å². The first kappa shape index (κ1) is 10.6. The summed E-state index contributed by atoms with van der Waals surface area (Å²) in [7, 11) is 0. The molecule has 82 valence electrons. The van der Waals surface area contributed by atoms with Crippen molar-refractivity contribution in [2.75, 3.05) is 13.2 Å². The molecule has 2 rings (SSSR count). The molecule has 3 heteroatoms. The number of hydrogen-bond acceptors (Lipinski definition) is 3. The number of aromatic nitrogens is 1. The lowest BCUT2D eigenvalue weighted by molar-refractivity contribution is 0.207. The average molecular weight is 206 g/mol. The zero-order valence-electron chi connectivity index (χ0n) is 9.16. The summed E-state index contributed by atoms with van der Waals surface area (Å²) < 4.78 is 0. The Balaban J connectivity index is 1.76. The quantitative estimate of drug-likeness (QED) is 0.762. The summed E-state index contributed by atoms with van der Waals surface area (Å²) in [4.78, 5) is 4.24. The largest absolute Gasteiger partial charge is 0.396 e. The van der Waals surface area contributed by atoms with E-state index >= 15 is 0 Å². The maximum absolute atomic E-state index is 9.14. The van der Waals surface area contributed by atoms with Gasteiger partial charge < -0.3 is 10.4 Å². The normalized spacial score (nSPS) is 17.7. The molecule has 0 bridgehead atoms. The number of aliphatic hydroxyl groups excluding tert-OH is 1. The van der Waals surface area contributed by atoms with E-state index in [9.17, 15) is 0 Å². The second-order valence-electron chi connectivity index (χ2n) is 4.57. The summed E-state index contributed by atoms with van der Waals surface area (Å²) in [6, 6.07) is 4.11. The Bertz CT molecular complexity index is 317. The Hall–Kier alpha value is -0.930. The number of nitrogens with zero attached hydrogens (tertiary/aromatic N) is 1. The highest BCUT2D eigenvalue weighted by molar-refractivity contribution is 5.13. The van der Waals surface area contributed by atoms with Gasteiger partial charge in [0.05, 0.1) is 0 Å². The van der Waals surface area contributed by atoms with Gasteiger partial charge in [-0.3, -0.25) is 4.98 Å². The minimum absolute atomic E-state index is 0.193. The lowest BCUT2D eigenvalue weighted by atomic mass is 10.1. The van der Waals surface area contributed by atoms with Crippen LogP contribution < -0.4 is 5.32 Å². The highest BCUT2D eigenvalue weighted by Crippen LogP contribution is 2.44. The van der Waals surface area contributed by atoms with Crippen LogP contribution in [0, 0.1) is 12.3 Å². The van der Waals surface area contributed by atoms with Crippen LogP contribution in [0.25, 0.3) is 0 Å². The third-order valence-electron chi connectivity index (χ3n) is 3.09. The van der Waals surface area contributed by atoms with E-state index < -0.39 is 0 Å². The molecule has 0 saturated heterocycles. The standard InChI is InChI=1S/C12H18N2O/c1-10-2-3-11(7-14-10)6-13-8-12(9-15)4-5-12/h2-3,7,13,15H,4-6,8-9H2,1H3. The van der Waals surface area contributed by atoms with Crippen LogP contribution in [-0.2, 0) is 6.54 Å². The molecular weight excluding hydrogens is 188 g/mol. The molecular formula is C12H18N2O. The van der Waals surface area contributed by atoms with Crippen molar-refractivity contribution < 1.29 is 5.11 Å². The summed E-state index contributed by atoms with van der Waals surface area (Å²) in [6.07, 6.45) is 4.21. The van der Waals surface area contributed by atoms with E-state index in [2.05, 4.69) is 16.4 Å². The number of nitrogens with one attached hydrogen (secondary N) is 1. The molecule has 1 fully saturated rings. The van der Waals surface area contributed by atoms with E-state index in [0.717, 1.165) is 31.6 Å². The van der Waals surface area contributed by atoms with Crippen molar-refractivity contribution in [1.29, 1.82) is 0 Å². The molecule has 0 aromatic carbocycles. The smallest absolute Gasteiger partial charge is 0.0499 e. The first-order valence-electron chi connectivity index (χ1n) is 5.47. The molecule has 1 aliphatic carbocycles. The fourth-order valence-corrected chi connectivity index (χ4v) is 1.64. The van der Waals surface area contributed by atoms with Gasteiger partial charge >= 0.3 is 0 Å². The molecule has 0 aliphatic heterocycles. The third kappa shape index (κ3) is 2.76. The molecule has 0 atom stereocenters. The molecule has 2 N–H and O–H groups in total. The lowest BCUT2D eigenvalue weighted by Gasteiger charge is -2.12. The van der Waals surface area contributed by atoms with Crippen molar-refractivity contribution >= 4 is 0 Å². The first-order chi connectivity index (χ1) is 7.24. The Kier molecular flexibility index (Phi) is 3.03. The summed E-state index contributed by atoms with van der Waals surface area (Å²) in [5.74, 6) is 0. The molecule has 1 heterocycles. The molecule has 0 spiro atoms. The van der Waals surface area contributed by atoms with Crippen LogP contribution in [0.4, 0.5) is 0 Å². The van der Waals surface area contributed by atoms with Crippen LogP contribution in [0.1, 0.15) is 24.1 Å². The minimum atomic E-state index is 0.193. The highest BCUT2D eigenvalue weighted by atomic mass is 16.3. The zero-order valence-corrected chi connectivity index (χ0v) is 9.16. The van der Waals surface area contributed by atoms with Crippen LogP contribution in [0.15, 0.2) is 18.3 Å². The summed E-state index contributed by atoms with van der Waals surface area (Å²) >= 11 is 0. The van der Waals surface area contributed by atoms with Gasteiger partial charge in [0.25, 0.3) is 0 Å². The second-order valence-corrected chi connectivity index (χ2v) is 4.57. The monoisotopic (exact) mass is 206 g/mol. The molecule has 1 aromatic rings. The predicted molar refractivity (Wildman–Crippen MR) is 59.4 cm³/mol.